The van der Waals surface area contributed by atoms with Crippen LogP contribution in [0.5, 0.6) is 0 Å². The Morgan fingerprint density at radius 1 is 1.04 bits per heavy atom. The summed E-state index contributed by atoms with van der Waals surface area (Å²) >= 11 is 0. The van der Waals surface area contributed by atoms with Gasteiger partial charge in [0.05, 0.1) is 11.7 Å². The highest BCUT2D eigenvalue weighted by Gasteiger charge is 2.62. The summed E-state index contributed by atoms with van der Waals surface area (Å²) in [5, 5.41) is 2.21. The summed E-state index contributed by atoms with van der Waals surface area (Å²) in [6.45, 7) is 13.0. The summed E-state index contributed by atoms with van der Waals surface area (Å²) in [4.78, 5) is 19.6. The van der Waals surface area contributed by atoms with Crippen LogP contribution in [0.1, 0.15) is 99.3 Å². The third-order valence-corrected chi connectivity index (χ3v) is 6.57. The number of ketones is 1. The Bertz CT molecular complexity index is 503. The van der Waals surface area contributed by atoms with Crippen molar-refractivity contribution >= 4 is 5.78 Å². The van der Waals surface area contributed by atoms with E-state index in [9.17, 15) is 4.79 Å². The van der Waals surface area contributed by atoms with Gasteiger partial charge in [0.15, 0.2) is 5.78 Å². The van der Waals surface area contributed by atoms with Crippen molar-refractivity contribution in [3.63, 3.8) is 0 Å². The molecule has 1 aliphatic carbocycles. The standard InChI is InChI=1S/C21H37NO3/c1-7-20(6)13-17(23)21(25-20)14-18(2,3)22(19(4,5)15-21)24-16-11-9-8-10-12-16/h16H,7-15H2,1-6H3. The van der Waals surface area contributed by atoms with Crippen LogP contribution in [0.25, 0.3) is 0 Å². The number of hydrogen-bond acceptors (Lipinski definition) is 4. The summed E-state index contributed by atoms with van der Waals surface area (Å²) < 4.78 is 6.52. The highest BCUT2D eigenvalue weighted by atomic mass is 16.7. The van der Waals surface area contributed by atoms with Gasteiger partial charge in [0.25, 0.3) is 0 Å². The molecule has 0 aromatic carbocycles. The zero-order chi connectivity index (χ0) is 18.5. The number of piperidine rings is 1. The first-order valence-corrected chi connectivity index (χ1v) is 10.2. The Hall–Kier alpha value is -0.450. The predicted octanol–water partition coefficient (Wildman–Crippen LogP) is 4.80. The van der Waals surface area contributed by atoms with Crippen molar-refractivity contribution < 1.29 is 14.4 Å². The molecule has 2 aliphatic heterocycles. The molecule has 0 bridgehead atoms. The van der Waals surface area contributed by atoms with E-state index in [1.54, 1.807) is 0 Å². The molecule has 3 aliphatic rings. The Kier molecular flexibility index (Phi) is 4.88. The molecule has 144 valence electrons. The van der Waals surface area contributed by atoms with Gasteiger partial charge in [-0.1, -0.05) is 26.2 Å². The number of hydroxylamine groups is 2. The van der Waals surface area contributed by atoms with E-state index in [1.165, 1.54) is 19.3 Å². The van der Waals surface area contributed by atoms with Crippen LogP contribution in [0.15, 0.2) is 0 Å². The second kappa shape index (κ2) is 6.31. The molecule has 3 fully saturated rings. The largest absolute Gasteiger partial charge is 0.360 e. The van der Waals surface area contributed by atoms with Gasteiger partial charge in [-0.3, -0.25) is 9.63 Å². The maximum Gasteiger partial charge on any atom is 0.167 e. The number of hydrogen-bond donors (Lipinski definition) is 0. The molecule has 0 radical (unpaired) electrons. The molecule has 0 aromatic rings. The number of carbonyl (C=O) groups excluding carboxylic acids is 1. The van der Waals surface area contributed by atoms with Crippen LogP contribution in [0, 0.1) is 0 Å². The van der Waals surface area contributed by atoms with Gasteiger partial charge in [-0.05, 0) is 53.9 Å². The summed E-state index contributed by atoms with van der Waals surface area (Å²) in [7, 11) is 0. The fourth-order valence-corrected chi connectivity index (χ4v) is 5.56. The van der Waals surface area contributed by atoms with E-state index in [4.69, 9.17) is 9.57 Å². The topological polar surface area (TPSA) is 38.8 Å². The van der Waals surface area contributed by atoms with Crippen LogP contribution >= 0.6 is 0 Å². The number of carbonyl (C=O) groups is 1. The van der Waals surface area contributed by atoms with Gasteiger partial charge in [0, 0.05) is 30.3 Å². The molecule has 1 atom stereocenters. The van der Waals surface area contributed by atoms with Crippen molar-refractivity contribution in [2.45, 2.75) is 128 Å². The molecule has 4 heteroatoms. The van der Waals surface area contributed by atoms with Gasteiger partial charge in [0.2, 0.25) is 0 Å². The minimum Gasteiger partial charge on any atom is -0.360 e. The molecule has 0 N–H and O–H groups in total. The van der Waals surface area contributed by atoms with Crippen molar-refractivity contribution in [3.8, 4) is 0 Å². The average Bonchev–Trinajstić information content (AvgIpc) is 2.74. The zero-order valence-electron chi connectivity index (χ0n) is 17.1. The van der Waals surface area contributed by atoms with Gasteiger partial charge < -0.3 is 4.74 Å². The van der Waals surface area contributed by atoms with Crippen LogP contribution in [0.3, 0.4) is 0 Å². The van der Waals surface area contributed by atoms with Crippen LogP contribution in [0.2, 0.25) is 0 Å². The number of nitrogens with zero attached hydrogens (tertiary/aromatic N) is 1. The van der Waals surface area contributed by atoms with Crippen molar-refractivity contribution in [1.29, 1.82) is 0 Å². The minimum atomic E-state index is -0.649. The third-order valence-electron chi connectivity index (χ3n) is 6.57. The molecule has 0 amide bonds. The molecule has 2 saturated heterocycles. The average molecular weight is 352 g/mol. The van der Waals surface area contributed by atoms with Gasteiger partial charge in [-0.25, -0.2) is 0 Å². The summed E-state index contributed by atoms with van der Waals surface area (Å²) in [5.74, 6) is 0.287. The number of ether oxygens (including phenoxy) is 1. The fraction of sp³-hybridized carbons (Fsp3) is 0.952. The second-order valence-electron chi connectivity index (χ2n) is 10.1. The first-order chi connectivity index (χ1) is 11.5. The van der Waals surface area contributed by atoms with Crippen molar-refractivity contribution in [2.75, 3.05) is 0 Å². The van der Waals surface area contributed by atoms with Crippen LogP contribution in [-0.4, -0.2) is 39.2 Å². The van der Waals surface area contributed by atoms with Gasteiger partial charge in [-0.15, -0.1) is 0 Å². The molecule has 3 rings (SSSR count). The SMILES string of the molecule is CCC1(C)CC(=O)C2(CC(C)(C)N(OC3CCCCC3)C(C)(C)C2)O1. The van der Waals surface area contributed by atoms with E-state index in [2.05, 4.69) is 46.6 Å². The van der Waals surface area contributed by atoms with E-state index < -0.39 is 5.60 Å². The van der Waals surface area contributed by atoms with E-state index >= 15 is 0 Å². The van der Waals surface area contributed by atoms with Crippen LogP contribution in [-0.2, 0) is 14.4 Å². The molecular weight excluding hydrogens is 314 g/mol. The first kappa shape index (κ1) is 19.3. The molecule has 2 heterocycles. The smallest absolute Gasteiger partial charge is 0.167 e. The highest BCUT2D eigenvalue weighted by Crippen LogP contribution is 2.52. The predicted molar refractivity (Wildman–Crippen MR) is 99.3 cm³/mol. The van der Waals surface area contributed by atoms with Crippen molar-refractivity contribution in [1.82, 2.24) is 5.06 Å². The third kappa shape index (κ3) is 3.54. The van der Waals surface area contributed by atoms with E-state index in [1.807, 2.05) is 0 Å². The van der Waals surface area contributed by atoms with Gasteiger partial charge in [-0.2, -0.15) is 5.06 Å². The van der Waals surface area contributed by atoms with Gasteiger partial charge in [0.1, 0.15) is 5.60 Å². The van der Waals surface area contributed by atoms with Crippen LogP contribution < -0.4 is 0 Å². The lowest BCUT2D eigenvalue weighted by Crippen LogP contribution is -2.67. The first-order valence-electron chi connectivity index (χ1n) is 10.2. The maximum absolute atomic E-state index is 13.0. The second-order valence-corrected chi connectivity index (χ2v) is 10.1. The molecule has 1 unspecified atom stereocenters. The quantitative estimate of drug-likeness (QED) is 0.732. The van der Waals surface area contributed by atoms with Gasteiger partial charge >= 0.3 is 0 Å². The fourth-order valence-electron chi connectivity index (χ4n) is 5.56. The molecule has 0 aromatic heterocycles. The molecular formula is C21H37NO3. The number of rotatable bonds is 3. The summed E-state index contributed by atoms with van der Waals surface area (Å²) in [6, 6.07) is 0. The molecule has 4 nitrogen and oxygen atoms in total. The Balaban J connectivity index is 1.83. The van der Waals surface area contributed by atoms with Crippen molar-refractivity contribution in [3.05, 3.63) is 0 Å². The normalized spacial score (nSPS) is 35.4. The molecule has 1 saturated carbocycles. The van der Waals surface area contributed by atoms with E-state index in [0.717, 1.165) is 19.3 Å². The lowest BCUT2D eigenvalue weighted by Gasteiger charge is -2.57. The zero-order valence-corrected chi connectivity index (χ0v) is 17.1. The van der Waals surface area contributed by atoms with E-state index in [-0.39, 0.29) is 22.5 Å². The molecule has 1 spiro atoms. The maximum atomic E-state index is 13.0. The van der Waals surface area contributed by atoms with Crippen LogP contribution in [0.4, 0.5) is 0 Å². The highest BCUT2D eigenvalue weighted by molar-refractivity contribution is 5.90. The van der Waals surface area contributed by atoms with Crippen molar-refractivity contribution in [2.24, 2.45) is 0 Å². The summed E-state index contributed by atoms with van der Waals surface area (Å²) in [6.07, 6.45) is 9.32. The summed E-state index contributed by atoms with van der Waals surface area (Å²) in [5.41, 5.74) is -1.42. The Morgan fingerprint density at radius 2 is 1.60 bits per heavy atom. The van der Waals surface area contributed by atoms with E-state index in [0.29, 0.717) is 25.4 Å². The number of Topliss-reactive ketones (excluding diaryl/α,β-unsaturated/α-hetero) is 1. The Morgan fingerprint density at radius 3 is 2.08 bits per heavy atom. The lowest BCUT2D eigenvalue weighted by atomic mass is 9.70. The lowest BCUT2D eigenvalue weighted by molar-refractivity contribution is -0.329. The monoisotopic (exact) mass is 351 g/mol. The minimum absolute atomic E-state index is 0.228. The Labute approximate surface area is 153 Å². The molecule has 25 heavy (non-hydrogen) atoms.